The molecule has 0 spiro atoms. The first-order chi connectivity index (χ1) is 17.0. The second-order valence-corrected chi connectivity index (χ2v) is 10.5. The van der Waals surface area contributed by atoms with E-state index in [2.05, 4.69) is 31.3 Å². The molecule has 35 heavy (non-hydrogen) atoms. The van der Waals surface area contributed by atoms with E-state index in [1.807, 2.05) is 24.4 Å². The minimum absolute atomic E-state index is 0.201. The number of benzene rings is 1. The van der Waals surface area contributed by atoms with Crippen molar-refractivity contribution in [2.75, 3.05) is 38.1 Å². The van der Waals surface area contributed by atoms with Crippen LogP contribution in [0.2, 0.25) is 0 Å². The second-order valence-electron chi connectivity index (χ2n) is 8.38. The van der Waals surface area contributed by atoms with Crippen LogP contribution in [0.1, 0.15) is 61.3 Å². The lowest BCUT2D eigenvalue weighted by Gasteiger charge is -2.19. The van der Waals surface area contributed by atoms with Crippen molar-refractivity contribution in [3.8, 4) is 0 Å². The van der Waals surface area contributed by atoms with Gasteiger partial charge in [-0.1, -0.05) is 30.0 Å². The molecule has 8 heteroatoms. The van der Waals surface area contributed by atoms with Gasteiger partial charge in [0.25, 0.3) is 0 Å². The number of aliphatic imine (C=N–C) groups is 1. The number of carbonyl (C=O) groups excluding carboxylic acids is 2. The molecule has 0 saturated heterocycles. The minimum Gasteiger partial charge on any atom is -0.462 e. The molecule has 6 nitrogen and oxygen atoms in total. The van der Waals surface area contributed by atoms with Crippen molar-refractivity contribution in [1.29, 1.82) is 0 Å². The molecule has 2 N–H and O–H groups in total. The number of hydrogen-bond acceptors (Lipinski definition) is 6. The van der Waals surface area contributed by atoms with E-state index in [0.29, 0.717) is 17.0 Å². The average Bonchev–Trinajstić information content (AvgIpc) is 3.21. The van der Waals surface area contributed by atoms with Gasteiger partial charge in [0.05, 0.1) is 31.8 Å². The largest absolute Gasteiger partial charge is 0.462 e. The number of anilines is 1. The number of nitrogens with zero attached hydrogens (tertiary/aromatic N) is 1. The molecule has 1 aromatic carbocycles. The van der Waals surface area contributed by atoms with Crippen LogP contribution in [0.25, 0.3) is 4.91 Å². The van der Waals surface area contributed by atoms with Gasteiger partial charge in [-0.2, -0.15) is 0 Å². The number of fused-ring (bicyclic) bond motifs is 1. The van der Waals surface area contributed by atoms with Crippen LogP contribution in [-0.2, 0) is 16.0 Å². The fourth-order valence-corrected chi connectivity index (χ4v) is 6.65. The number of ether oxygens (including phenoxy) is 1. The molecular weight excluding hydrogens is 478 g/mol. The molecule has 3 rings (SSSR count). The van der Waals surface area contributed by atoms with Gasteiger partial charge in [-0.3, -0.25) is 9.79 Å². The number of nitrogens with one attached hydrogen (secondary N) is 2. The molecule has 0 atom stereocenters. The van der Waals surface area contributed by atoms with Gasteiger partial charge in [-0.25, -0.2) is 4.79 Å². The van der Waals surface area contributed by atoms with E-state index >= 15 is 0 Å². The van der Waals surface area contributed by atoms with Crippen molar-refractivity contribution < 1.29 is 19.2 Å². The highest BCUT2D eigenvalue weighted by atomic mass is 32.2. The van der Waals surface area contributed by atoms with Crippen molar-refractivity contribution in [2.24, 2.45) is 4.99 Å². The molecule has 1 heterocycles. The first-order valence-electron chi connectivity index (χ1n) is 12.4. The number of thioether (sulfide) groups is 1. The van der Waals surface area contributed by atoms with Gasteiger partial charge < -0.3 is 15.0 Å². The summed E-state index contributed by atoms with van der Waals surface area (Å²) in [6.45, 7) is 12.2. The quantitative estimate of drug-likeness (QED) is 0.244. The third-order valence-electron chi connectivity index (χ3n) is 5.95. The number of esters is 1. The Balaban J connectivity index is 1.97. The standard InChI is InChI=1S/C27H35N3O3S2/c1-5-30(6-2)17-11-16-28-18-20-14-15-22-23(27(32)33-7-3)26(29-19(4)31)35-25(22)24(20)34-21-12-9-8-10-13-21/h8-10,12-13,18H,5-7,11,14-17H2,1-4H3,(H,29,31)/p+1. The molecular formula is C27H36N3O3S2+. The normalized spacial score (nSPS) is 13.4. The van der Waals surface area contributed by atoms with E-state index in [1.165, 1.54) is 23.8 Å². The predicted molar refractivity (Wildman–Crippen MR) is 147 cm³/mol. The Hall–Kier alpha value is -2.42. The summed E-state index contributed by atoms with van der Waals surface area (Å²) in [5.41, 5.74) is 2.62. The Morgan fingerprint density at radius 3 is 2.57 bits per heavy atom. The van der Waals surface area contributed by atoms with E-state index in [0.717, 1.165) is 59.3 Å². The SMILES string of the molecule is CCOC(=O)c1c(NC(C)=O)sc2c1CCC(C=NCCC[NH+](CC)CC)=C2Sc1ccccc1. The smallest absolute Gasteiger partial charge is 0.341 e. The molecule has 0 aliphatic heterocycles. The van der Waals surface area contributed by atoms with Crippen molar-refractivity contribution >= 4 is 51.1 Å². The maximum absolute atomic E-state index is 12.9. The van der Waals surface area contributed by atoms with Crippen LogP contribution < -0.4 is 10.2 Å². The zero-order chi connectivity index (χ0) is 25.2. The summed E-state index contributed by atoms with van der Waals surface area (Å²) >= 11 is 3.14. The van der Waals surface area contributed by atoms with Gasteiger partial charge in [-0.05, 0) is 56.9 Å². The maximum Gasteiger partial charge on any atom is 0.341 e. The summed E-state index contributed by atoms with van der Waals surface area (Å²) in [6, 6.07) is 10.2. The molecule has 1 amide bonds. The highest BCUT2D eigenvalue weighted by Gasteiger charge is 2.31. The van der Waals surface area contributed by atoms with Crippen LogP contribution in [0.5, 0.6) is 0 Å². The van der Waals surface area contributed by atoms with Crippen molar-refractivity contribution in [3.05, 3.63) is 51.9 Å². The lowest BCUT2D eigenvalue weighted by atomic mass is 9.95. The molecule has 1 aliphatic carbocycles. The number of amides is 1. The molecule has 0 bridgehead atoms. The van der Waals surface area contributed by atoms with Crippen LogP contribution in [0.3, 0.4) is 0 Å². The van der Waals surface area contributed by atoms with E-state index in [9.17, 15) is 9.59 Å². The first-order valence-corrected chi connectivity index (χ1v) is 14.0. The maximum atomic E-state index is 12.9. The molecule has 0 saturated carbocycles. The molecule has 1 aliphatic rings. The first kappa shape index (κ1) is 27.2. The number of quaternary nitrogens is 1. The van der Waals surface area contributed by atoms with Gasteiger partial charge >= 0.3 is 5.97 Å². The minimum atomic E-state index is -0.381. The van der Waals surface area contributed by atoms with Crippen molar-refractivity contribution in [1.82, 2.24) is 0 Å². The summed E-state index contributed by atoms with van der Waals surface area (Å²) in [4.78, 5) is 34.4. The fourth-order valence-electron chi connectivity index (χ4n) is 4.11. The lowest BCUT2D eigenvalue weighted by Crippen LogP contribution is -3.11. The summed E-state index contributed by atoms with van der Waals surface area (Å²) in [5, 5.41) is 3.42. The van der Waals surface area contributed by atoms with E-state index in [-0.39, 0.29) is 18.5 Å². The lowest BCUT2D eigenvalue weighted by molar-refractivity contribution is -0.896. The van der Waals surface area contributed by atoms with E-state index < -0.39 is 0 Å². The Morgan fingerprint density at radius 2 is 1.91 bits per heavy atom. The molecule has 0 unspecified atom stereocenters. The monoisotopic (exact) mass is 514 g/mol. The van der Waals surface area contributed by atoms with Crippen LogP contribution in [0.4, 0.5) is 5.00 Å². The fraction of sp³-hybridized carbons (Fsp3) is 0.444. The van der Waals surface area contributed by atoms with Gasteiger partial charge in [0.1, 0.15) is 5.00 Å². The molecule has 0 fully saturated rings. The number of carbonyl (C=O) groups is 2. The van der Waals surface area contributed by atoms with Gasteiger partial charge in [-0.15, -0.1) is 11.3 Å². The Morgan fingerprint density at radius 1 is 1.17 bits per heavy atom. The zero-order valence-corrected chi connectivity index (χ0v) is 22.7. The Kier molecular flexibility index (Phi) is 10.6. The number of rotatable bonds is 12. The third kappa shape index (κ3) is 7.29. The summed E-state index contributed by atoms with van der Waals surface area (Å²) in [7, 11) is 0. The highest BCUT2D eigenvalue weighted by molar-refractivity contribution is 8.08. The average molecular weight is 515 g/mol. The Bertz CT molecular complexity index is 1070. The summed E-state index contributed by atoms with van der Waals surface area (Å²) in [5.74, 6) is -0.582. The van der Waals surface area contributed by atoms with Crippen molar-refractivity contribution in [3.63, 3.8) is 0 Å². The third-order valence-corrected chi connectivity index (χ3v) is 8.42. The molecule has 188 valence electrons. The van der Waals surface area contributed by atoms with Crippen LogP contribution in [0, 0.1) is 0 Å². The van der Waals surface area contributed by atoms with Gasteiger partial charge in [0, 0.05) is 40.8 Å². The number of allylic oxidation sites excluding steroid dienone is 1. The summed E-state index contributed by atoms with van der Waals surface area (Å²) < 4.78 is 5.35. The zero-order valence-electron chi connectivity index (χ0n) is 21.1. The topological polar surface area (TPSA) is 72.2 Å². The number of hydrogen-bond donors (Lipinski definition) is 2. The van der Waals surface area contributed by atoms with Gasteiger partial charge in [0.2, 0.25) is 5.91 Å². The van der Waals surface area contributed by atoms with Crippen LogP contribution in [-0.4, -0.2) is 50.9 Å². The van der Waals surface area contributed by atoms with Crippen LogP contribution in [0.15, 0.2) is 45.8 Å². The predicted octanol–water partition coefficient (Wildman–Crippen LogP) is 4.72. The van der Waals surface area contributed by atoms with E-state index in [4.69, 9.17) is 9.73 Å². The molecule has 2 aromatic rings. The van der Waals surface area contributed by atoms with Gasteiger partial charge in [0.15, 0.2) is 0 Å². The van der Waals surface area contributed by atoms with Crippen molar-refractivity contribution in [2.45, 2.75) is 51.9 Å². The van der Waals surface area contributed by atoms with E-state index in [1.54, 1.807) is 23.6 Å². The number of thiophene rings is 1. The highest BCUT2D eigenvalue weighted by Crippen LogP contribution is 2.49. The van der Waals surface area contributed by atoms with Crippen LogP contribution >= 0.6 is 23.1 Å². The Labute approximate surface area is 216 Å². The second kappa shape index (κ2) is 13.6. The summed E-state index contributed by atoms with van der Waals surface area (Å²) in [6.07, 6.45) is 4.58. The molecule has 0 radical (unpaired) electrons. The molecule has 1 aromatic heterocycles.